The molecular weight excluding hydrogens is 182 g/mol. The molecule has 0 amide bonds. The van der Waals surface area contributed by atoms with Crippen molar-refractivity contribution in [2.45, 2.75) is 37.8 Å². The summed E-state index contributed by atoms with van der Waals surface area (Å²) < 4.78 is 1.59. The molecule has 2 atom stereocenters. The van der Waals surface area contributed by atoms with Crippen LogP contribution in [-0.2, 0) is 0 Å². The van der Waals surface area contributed by atoms with Crippen LogP contribution in [0.25, 0.3) is 0 Å². The van der Waals surface area contributed by atoms with Gasteiger partial charge in [0.1, 0.15) is 5.82 Å². The minimum Gasteiger partial charge on any atom is -0.391 e. The van der Waals surface area contributed by atoms with E-state index in [1.54, 1.807) is 4.68 Å². The van der Waals surface area contributed by atoms with Gasteiger partial charge in [-0.2, -0.15) is 0 Å². The lowest BCUT2D eigenvalue weighted by Crippen LogP contribution is -2.29. The summed E-state index contributed by atoms with van der Waals surface area (Å²) in [5, 5.41) is 12.4. The highest BCUT2D eigenvalue weighted by Gasteiger charge is 2.25. The average Bonchev–Trinajstić information content (AvgIpc) is 2.46. The molecule has 0 radical (unpaired) electrons. The van der Waals surface area contributed by atoms with E-state index < -0.39 is 6.10 Å². The van der Waals surface area contributed by atoms with Crippen molar-refractivity contribution in [2.75, 3.05) is 5.73 Å². The molecule has 0 aliphatic heterocycles. The van der Waals surface area contributed by atoms with E-state index in [9.17, 15) is 9.90 Å². The number of anilines is 1. The van der Waals surface area contributed by atoms with E-state index in [0.29, 0.717) is 5.82 Å². The van der Waals surface area contributed by atoms with Crippen molar-refractivity contribution in [1.29, 1.82) is 0 Å². The molecule has 2 unspecified atom stereocenters. The lowest BCUT2D eigenvalue weighted by atomic mass is 9.93. The lowest BCUT2D eigenvalue weighted by molar-refractivity contribution is 0.0703. The largest absolute Gasteiger partial charge is 0.391 e. The van der Waals surface area contributed by atoms with Crippen LogP contribution in [0.4, 0.5) is 5.82 Å². The molecule has 2 rings (SSSR count). The Bertz CT molecular complexity index is 368. The van der Waals surface area contributed by atoms with Gasteiger partial charge in [-0.25, -0.2) is 0 Å². The zero-order chi connectivity index (χ0) is 10.1. The molecule has 0 aromatic carbocycles. The molecule has 78 valence electrons. The van der Waals surface area contributed by atoms with Gasteiger partial charge >= 0.3 is 0 Å². The van der Waals surface area contributed by atoms with Crippen LogP contribution in [0.2, 0.25) is 0 Å². The molecule has 1 aliphatic carbocycles. The van der Waals surface area contributed by atoms with Crippen LogP contribution in [0.15, 0.2) is 10.9 Å². The molecule has 1 aromatic rings. The molecule has 14 heavy (non-hydrogen) atoms. The van der Waals surface area contributed by atoms with E-state index in [1.807, 2.05) is 0 Å². The summed E-state index contributed by atoms with van der Waals surface area (Å²) in [6.07, 6.45) is 3.37. The molecule has 5 heteroatoms. The lowest BCUT2D eigenvalue weighted by Gasteiger charge is -2.28. The summed E-state index contributed by atoms with van der Waals surface area (Å²) in [6, 6.07) is 1.29. The predicted octanol–water partition coefficient (Wildman–Crippen LogP) is 0.235. The summed E-state index contributed by atoms with van der Waals surface area (Å²) in [4.78, 5) is 11.0. The number of aromatic nitrogens is 2. The third kappa shape index (κ3) is 1.55. The van der Waals surface area contributed by atoms with Gasteiger partial charge in [0.15, 0.2) is 0 Å². The first-order valence-corrected chi connectivity index (χ1v) is 4.93. The van der Waals surface area contributed by atoms with Gasteiger partial charge in [0, 0.05) is 6.07 Å². The van der Waals surface area contributed by atoms with E-state index >= 15 is 0 Å². The fourth-order valence-electron chi connectivity index (χ4n) is 2.09. The smallest absolute Gasteiger partial charge is 0.266 e. The van der Waals surface area contributed by atoms with Crippen LogP contribution in [-0.4, -0.2) is 21.0 Å². The Morgan fingerprint density at radius 3 is 2.79 bits per heavy atom. The maximum absolute atomic E-state index is 11.0. The number of aliphatic hydroxyl groups excluding tert-OH is 1. The third-order valence-corrected chi connectivity index (χ3v) is 2.81. The van der Waals surface area contributed by atoms with Crippen molar-refractivity contribution >= 4 is 5.82 Å². The number of aliphatic hydroxyl groups is 1. The molecule has 5 nitrogen and oxygen atoms in total. The van der Waals surface area contributed by atoms with Gasteiger partial charge in [-0.3, -0.25) is 14.6 Å². The summed E-state index contributed by atoms with van der Waals surface area (Å²) >= 11 is 0. The van der Waals surface area contributed by atoms with Crippen LogP contribution in [0, 0.1) is 0 Å². The minimum atomic E-state index is -0.394. The molecule has 1 aliphatic rings. The van der Waals surface area contributed by atoms with Crippen LogP contribution >= 0.6 is 0 Å². The molecule has 1 fully saturated rings. The van der Waals surface area contributed by atoms with Crippen LogP contribution < -0.4 is 11.3 Å². The fourth-order valence-corrected chi connectivity index (χ4v) is 2.09. The Balaban J connectivity index is 2.28. The van der Waals surface area contributed by atoms with E-state index in [2.05, 4.69) is 5.10 Å². The normalized spacial score (nSPS) is 27.8. The van der Waals surface area contributed by atoms with E-state index in [1.165, 1.54) is 6.07 Å². The van der Waals surface area contributed by atoms with Crippen molar-refractivity contribution in [2.24, 2.45) is 0 Å². The quantitative estimate of drug-likeness (QED) is 0.602. The number of nitrogens with zero attached hydrogens (tertiary/aromatic N) is 1. The zero-order valence-electron chi connectivity index (χ0n) is 7.94. The SMILES string of the molecule is Nc1cc(=O)[nH]n1C1CCCCC1O. The van der Waals surface area contributed by atoms with Gasteiger partial charge in [0.05, 0.1) is 12.1 Å². The number of nitrogen functional groups attached to an aromatic ring is 1. The first kappa shape index (κ1) is 9.33. The number of nitrogens with one attached hydrogen (secondary N) is 1. The van der Waals surface area contributed by atoms with Crippen LogP contribution in [0.5, 0.6) is 0 Å². The summed E-state index contributed by atoms with van der Waals surface area (Å²) in [5.41, 5.74) is 5.45. The molecule has 0 bridgehead atoms. The van der Waals surface area contributed by atoms with Crippen molar-refractivity contribution in [3.05, 3.63) is 16.4 Å². The van der Waals surface area contributed by atoms with Gasteiger partial charge in [-0.1, -0.05) is 12.8 Å². The van der Waals surface area contributed by atoms with Crippen molar-refractivity contribution in [3.8, 4) is 0 Å². The van der Waals surface area contributed by atoms with Crippen LogP contribution in [0.1, 0.15) is 31.7 Å². The zero-order valence-corrected chi connectivity index (χ0v) is 7.94. The Morgan fingerprint density at radius 1 is 1.50 bits per heavy atom. The number of nitrogens with two attached hydrogens (primary N) is 1. The molecule has 4 N–H and O–H groups in total. The highest BCUT2D eigenvalue weighted by atomic mass is 16.3. The van der Waals surface area contributed by atoms with E-state index in [4.69, 9.17) is 5.73 Å². The number of hydrogen-bond donors (Lipinski definition) is 3. The van der Waals surface area contributed by atoms with Gasteiger partial charge < -0.3 is 10.8 Å². The maximum atomic E-state index is 11.0. The monoisotopic (exact) mass is 197 g/mol. The van der Waals surface area contributed by atoms with Gasteiger partial charge in [0.2, 0.25) is 0 Å². The Morgan fingerprint density at radius 2 is 2.21 bits per heavy atom. The summed E-state index contributed by atoms with van der Waals surface area (Å²) in [6.45, 7) is 0. The Hall–Kier alpha value is -1.23. The Labute approximate surface area is 81.5 Å². The summed E-state index contributed by atoms with van der Waals surface area (Å²) in [5.74, 6) is 0.404. The average molecular weight is 197 g/mol. The third-order valence-electron chi connectivity index (χ3n) is 2.81. The molecule has 1 saturated carbocycles. The minimum absolute atomic E-state index is 0.0635. The van der Waals surface area contributed by atoms with E-state index in [-0.39, 0.29) is 11.6 Å². The van der Waals surface area contributed by atoms with E-state index in [0.717, 1.165) is 25.7 Å². The second-order valence-corrected chi connectivity index (χ2v) is 3.83. The topological polar surface area (TPSA) is 84.0 Å². The highest BCUT2D eigenvalue weighted by Crippen LogP contribution is 2.28. The number of aromatic amines is 1. The molecule has 0 saturated heterocycles. The first-order chi connectivity index (χ1) is 6.68. The fraction of sp³-hybridized carbons (Fsp3) is 0.667. The van der Waals surface area contributed by atoms with Crippen LogP contribution in [0.3, 0.4) is 0 Å². The second-order valence-electron chi connectivity index (χ2n) is 3.83. The number of H-pyrrole nitrogens is 1. The Kier molecular flexibility index (Phi) is 2.33. The van der Waals surface area contributed by atoms with Crippen molar-refractivity contribution < 1.29 is 5.11 Å². The number of hydrogen-bond acceptors (Lipinski definition) is 3. The maximum Gasteiger partial charge on any atom is 0.266 e. The molecular formula is C9H15N3O2. The first-order valence-electron chi connectivity index (χ1n) is 4.93. The predicted molar refractivity (Wildman–Crippen MR) is 53.0 cm³/mol. The molecule has 1 heterocycles. The summed E-state index contributed by atoms with van der Waals surface area (Å²) in [7, 11) is 0. The van der Waals surface area contributed by atoms with Gasteiger partial charge in [-0.05, 0) is 12.8 Å². The molecule has 0 spiro atoms. The van der Waals surface area contributed by atoms with Crippen molar-refractivity contribution in [1.82, 2.24) is 9.78 Å². The second kappa shape index (κ2) is 3.49. The number of rotatable bonds is 1. The molecule has 1 aromatic heterocycles. The van der Waals surface area contributed by atoms with Crippen molar-refractivity contribution in [3.63, 3.8) is 0 Å². The van der Waals surface area contributed by atoms with Gasteiger partial charge in [0.25, 0.3) is 5.56 Å². The highest BCUT2D eigenvalue weighted by molar-refractivity contribution is 5.27. The standard InChI is InChI=1S/C9H15N3O2/c10-8-5-9(14)11-12(8)6-3-1-2-4-7(6)13/h5-7,13H,1-4,10H2,(H,11,14). The van der Waals surface area contributed by atoms with Gasteiger partial charge in [-0.15, -0.1) is 0 Å².